The topological polar surface area (TPSA) is 63.6 Å². The first-order valence-corrected chi connectivity index (χ1v) is 12.9. The van der Waals surface area contributed by atoms with Crippen molar-refractivity contribution in [2.24, 2.45) is 5.92 Å². The van der Waals surface area contributed by atoms with Crippen LogP contribution in [0.5, 0.6) is 0 Å². The summed E-state index contributed by atoms with van der Waals surface area (Å²) in [6.07, 6.45) is 12.0. The molecule has 0 saturated heterocycles. The van der Waals surface area contributed by atoms with Gasteiger partial charge in [-0.2, -0.15) is 0 Å². The van der Waals surface area contributed by atoms with Gasteiger partial charge in [-0.25, -0.2) is 4.79 Å². The average molecular weight is 475 g/mol. The van der Waals surface area contributed by atoms with Gasteiger partial charge in [0.25, 0.3) is 0 Å². The standard InChI is InChI=1S/C31H38O4/c1-5-10-24-13-15-25(16-14-24)26-17-19-31(20-18-26,30(33)34)28-12-9-8-11-27(28)29(32)35-22(4)21-23(6-2)7-3/h8-9,11-20,22-23,26H,5-7,10,21H2,1-4H3,(H,33,34)/t22-,26?,31?/m1/s1. The summed E-state index contributed by atoms with van der Waals surface area (Å²) in [5, 5.41) is 10.3. The summed E-state index contributed by atoms with van der Waals surface area (Å²) in [4.78, 5) is 25.8. The van der Waals surface area contributed by atoms with Crippen molar-refractivity contribution < 1.29 is 19.4 Å². The van der Waals surface area contributed by atoms with Crippen molar-refractivity contribution in [3.63, 3.8) is 0 Å². The van der Waals surface area contributed by atoms with Crippen LogP contribution in [-0.2, 0) is 21.4 Å². The molecule has 2 aromatic carbocycles. The highest BCUT2D eigenvalue weighted by Crippen LogP contribution is 2.37. The van der Waals surface area contributed by atoms with E-state index in [0.29, 0.717) is 17.0 Å². The number of carbonyl (C=O) groups excluding carboxylic acids is 1. The van der Waals surface area contributed by atoms with E-state index in [1.165, 1.54) is 5.56 Å². The molecule has 1 N–H and O–H groups in total. The zero-order valence-electron chi connectivity index (χ0n) is 21.4. The van der Waals surface area contributed by atoms with Crippen molar-refractivity contribution in [2.75, 3.05) is 0 Å². The maximum absolute atomic E-state index is 13.1. The van der Waals surface area contributed by atoms with Gasteiger partial charge in [-0.3, -0.25) is 4.79 Å². The number of carbonyl (C=O) groups is 2. The molecule has 1 aliphatic carbocycles. The average Bonchev–Trinajstić information content (AvgIpc) is 2.88. The molecule has 0 aromatic heterocycles. The quantitative estimate of drug-likeness (QED) is 0.275. The minimum atomic E-state index is -1.42. The van der Waals surface area contributed by atoms with Gasteiger partial charge < -0.3 is 9.84 Å². The second-order valence-corrected chi connectivity index (χ2v) is 9.59. The van der Waals surface area contributed by atoms with Gasteiger partial charge in [0.05, 0.1) is 11.7 Å². The van der Waals surface area contributed by atoms with Crippen molar-refractivity contribution in [1.29, 1.82) is 0 Å². The zero-order valence-corrected chi connectivity index (χ0v) is 21.4. The summed E-state index contributed by atoms with van der Waals surface area (Å²) in [6.45, 7) is 8.35. The minimum absolute atomic E-state index is 0.0164. The van der Waals surface area contributed by atoms with Gasteiger partial charge in [0.15, 0.2) is 0 Å². The molecule has 4 heteroatoms. The van der Waals surface area contributed by atoms with Crippen LogP contribution in [0.3, 0.4) is 0 Å². The Morgan fingerprint density at radius 3 is 2.17 bits per heavy atom. The number of aryl methyl sites for hydroxylation is 1. The van der Waals surface area contributed by atoms with Gasteiger partial charge in [-0.15, -0.1) is 0 Å². The number of esters is 1. The van der Waals surface area contributed by atoms with Crippen molar-refractivity contribution in [3.05, 3.63) is 95.1 Å². The summed E-state index contributed by atoms with van der Waals surface area (Å²) in [6, 6.07) is 15.4. The van der Waals surface area contributed by atoms with E-state index in [9.17, 15) is 14.7 Å². The van der Waals surface area contributed by atoms with Crippen molar-refractivity contribution in [2.45, 2.75) is 77.2 Å². The van der Waals surface area contributed by atoms with E-state index >= 15 is 0 Å². The Balaban J connectivity index is 1.86. The SMILES string of the molecule is CCCc1ccc(C2C=CC(C(=O)O)(c3ccccc3C(=O)O[C@H](C)CC(CC)CC)C=C2)cc1. The molecule has 1 atom stereocenters. The smallest absolute Gasteiger partial charge is 0.338 e. The maximum Gasteiger partial charge on any atom is 0.338 e. The Morgan fingerprint density at radius 2 is 1.60 bits per heavy atom. The van der Waals surface area contributed by atoms with E-state index in [2.05, 4.69) is 45.0 Å². The first-order chi connectivity index (χ1) is 16.8. The monoisotopic (exact) mass is 474 g/mol. The fourth-order valence-corrected chi connectivity index (χ4v) is 4.89. The van der Waals surface area contributed by atoms with Gasteiger partial charge >= 0.3 is 11.9 Å². The largest absolute Gasteiger partial charge is 0.480 e. The van der Waals surface area contributed by atoms with Crippen LogP contribution < -0.4 is 0 Å². The molecule has 0 aliphatic heterocycles. The molecule has 4 nitrogen and oxygen atoms in total. The van der Waals surface area contributed by atoms with Gasteiger partial charge in [-0.1, -0.05) is 107 Å². The van der Waals surface area contributed by atoms with Crippen molar-refractivity contribution in [1.82, 2.24) is 0 Å². The second kappa shape index (κ2) is 12.0. The van der Waals surface area contributed by atoms with E-state index in [0.717, 1.165) is 37.7 Å². The van der Waals surface area contributed by atoms with Crippen LogP contribution in [0, 0.1) is 5.92 Å². The molecule has 0 amide bonds. The van der Waals surface area contributed by atoms with Crippen LogP contribution in [-0.4, -0.2) is 23.1 Å². The van der Waals surface area contributed by atoms with E-state index in [4.69, 9.17) is 4.74 Å². The number of rotatable bonds is 11. The summed E-state index contributed by atoms with van der Waals surface area (Å²) >= 11 is 0. The molecule has 0 bridgehead atoms. The summed E-state index contributed by atoms with van der Waals surface area (Å²) in [5.74, 6) is -1.02. The number of ether oxygens (including phenoxy) is 1. The molecule has 0 unspecified atom stereocenters. The molecule has 0 spiro atoms. The van der Waals surface area contributed by atoms with E-state index in [1.807, 2.05) is 19.1 Å². The van der Waals surface area contributed by atoms with Crippen LogP contribution in [0.4, 0.5) is 0 Å². The molecule has 0 radical (unpaired) electrons. The van der Waals surface area contributed by atoms with E-state index in [1.54, 1.807) is 36.4 Å². The third-order valence-corrected chi connectivity index (χ3v) is 7.11. The molecule has 0 heterocycles. The van der Waals surface area contributed by atoms with Crippen LogP contribution in [0.15, 0.2) is 72.8 Å². The zero-order chi connectivity index (χ0) is 25.4. The van der Waals surface area contributed by atoms with Crippen LogP contribution in [0.1, 0.15) is 86.3 Å². The highest BCUT2D eigenvalue weighted by atomic mass is 16.5. The number of carboxylic acid groups (broad SMARTS) is 1. The molecule has 0 fully saturated rings. The van der Waals surface area contributed by atoms with Crippen molar-refractivity contribution in [3.8, 4) is 0 Å². The Labute approximate surface area is 209 Å². The highest BCUT2D eigenvalue weighted by Gasteiger charge is 2.40. The number of aliphatic carboxylic acids is 1. The van der Waals surface area contributed by atoms with Crippen LogP contribution >= 0.6 is 0 Å². The summed E-state index contributed by atoms with van der Waals surface area (Å²) < 4.78 is 5.77. The molecule has 35 heavy (non-hydrogen) atoms. The fourth-order valence-electron chi connectivity index (χ4n) is 4.89. The molecular formula is C31H38O4. The first-order valence-electron chi connectivity index (χ1n) is 12.9. The lowest BCUT2D eigenvalue weighted by Gasteiger charge is -2.29. The number of hydrogen-bond donors (Lipinski definition) is 1. The third kappa shape index (κ3) is 6.11. The van der Waals surface area contributed by atoms with Gasteiger partial charge in [-0.05, 0) is 48.4 Å². The molecule has 3 rings (SSSR count). The van der Waals surface area contributed by atoms with Crippen LogP contribution in [0.25, 0.3) is 0 Å². The predicted octanol–water partition coefficient (Wildman–Crippen LogP) is 7.24. The Bertz CT molecular complexity index is 1050. The lowest BCUT2D eigenvalue weighted by atomic mass is 9.73. The number of hydrogen-bond acceptors (Lipinski definition) is 3. The second-order valence-electron chi connectivity index (χ2n) is 9.59. The fraction of sp³-hybridized carbons (Fsp3) is 0.419. The van der Waals surface area contributed by atoms with Gasteiger partial charge in [0, 0.05) is 5.92 Å². The molecule has 2 aromatic rings. The van der Waals surface area contributed by atoms with Crippen LogP contribution in [0.2, 0.25) is 0 Å². The Morgan fingerprint density at radius 1 is 0.971 bits per heavy atom. The minimum Gasteiger partial charge on any atom is -0.480 e. The molecular weight excluding hydrogens is 436 g/mol. The van der Waals surface area contributed by atoms with E-state index in [-0.39, 0.29) is 12.0 Å². The predicted molar refractivity (Wildman–Crippen MR) is 141 cm³/mol. The van der Waals surface area contributed by atoms with E-state index < -0.39 is 17.4 Å². The lowest BCUT2D eigenvalue weighted by molar-refractivity contribution is -0.140. The lowest BCUT2D eigenvalue weighted by Crippen LogP contribution is -2.35. The van der Waals surface area contributed by atoms with Gasteiger partial charge in [0.1, 0.15) is 5.41 Å². The highest BCUT2D eigenvalue weighted by molar-refractivity contribution is 5.97. The number of carboxylic acids is 1. The summed E-state index contributed by atoms with van der Waals surface area (Å²) in [5.41, 5.74) is 1.71. The summed E-state index contributed by atoms with van der Waals surface area (Å²) in [7, 11) is 0. The van der Waals surface area contributed by atoms with Gasteiger partial charge in [0.2, 0.25) is 0 Å². The normalized spacial score (nSPS) is 20.1. The number of allylic oxidation sites excluding steroid dienone is 2. The number of benzene rings is 2. The maximum atomic E-state index is 13.1. The Kier molecular flexibility index (Phi) is 9.08. The Hall–Kier alpha value is -3.14. The molecule has 0 saturated carbocycles. The molecule has 186 valence electrons. The van der Waals surface area contributed by atoms with Crippen molar-refractivity contribution >= 4 is 11.9 Å². The third-order valence-electron chi connectivity index (χ3n) is 7.11. The first kappa shape index (κ1) is 26.5. The molecule has 1 aliphatic rings.